The average Bonchev–Trinajstić information content (AvgIpc) is 2.87. The Morgan fingerprint density at radius 2 is 2.11 bits per heavy atom. The summed E-state index contributed by atoms with van der Waals surface area (Å²) in [7, 11) is 1.72. The summed E-state index contributed by atoms with van der Waals surface area (Å²) in [6.07, 6.45) is 0. The lowest BCUT2D eigenvalue weighted by Gasteiger charge is -2.13. The van der Waals surface area contributed by atoms with Gasteiger partial charge in [-0.05, 0) is 6.07 Å². The standard InChI is InChI=1S/C13H14ClN3O/c1-17(13(18)8-14)9-11-7-12(16-15-11)10-5-3-2-4-6-10/h2-7H,8-9H2,1H3,(H,15,16). The van der Waals surface area contributed by atoms with Crippen molar-refractivity contribution in [1.29, 1.82) is 0 Å². The molecule has 0 bridgehead atoms. The summed E-state index contributed by atoms with van der Waals surface area (Å²) in [5.74, 6) is -0.108. The van der Waals surface area contributed by atoms with Crippen LogP contribution < -0.4 is 0 Å². The zero-order valence-corrected chi connectivity index (χ0v) is 10.8. The molecule has 4 nitrogen and oxygen atoms in total. The Bertz CT molecular complexity index is 524. The van der Waals surface area contributed by atoms with E-state index in [1.54, 1.807) is 11.9 Å². The van der Waals surface area contributed by atoms with E-state index in [1.165, 1.54) is 0 Å². The van der Waals surface area contributed by atoms with Crippen LogP contribution >= 0.6 is 11.6 Å². The lowest BCUT2D eigenvalue weighted by molar-refractivity contribution is -0.127. The van der Waals surface area contributed by atoms with E-state index in [-0.39, 0.29) is 11.8 Å². The summed E-state index contributed by atoms with van der Waals surface area (Å²) in [5.41, 5.74) is 2.80. The summed E-state index contributed by atoms with van der Waals surface area (Å²) in [4.78, 5) is 12.9. The maximum Gasteiger partial charge on any atom is 0.237 e. The SMILES string of the molecule is CN(Cc1cc(-c2ccccc2)n[nH]1)C(=O)CCl. The number of alkyl halides is 1. The van der Waals surface area contributed by atoms with E-state index in [1.807, 2.05) is 36.4 Å². The number of hydrogen-bond acceptors (Lipinski definition) is 2. The smallest absolute Gasteiger partial charge is 0.237 e. The molecule has 0 aliphatic rings. The molecule has 0 saturated carbocycles. The van der Waals surface area contributed by atoms with Crippen molar-refractivity contribution in [2.75, 3.05) is 12.9 Å². The summed E-state index contributed by atoms with van der Waals surface area (Å²) in [5, 5.41) is 7.16. The summed E-state index contributed by atoms with van der Waals surface area (Å²) < 4.78 is 0. The predicted octanol–water partition coefficient (Wildman–Crippen LogP) is 2.27. The molecular formula is C13H14ClN3O. The highest BCUT2D eigenvalue weighted by Crippen LogP contribution is 2.17. The van der Waals surface area contributed by atoms with Crippen molar-refractivity contribution < 1.29 is 4.79 Å². The number of hydrogen-bond donors (Lipinski definition) is 1. The van der Waals surface area contributed by atoms with Crippen LogP contribution in [-0.4, -0.2) is 33.9 Å². The molecule has 1 aromatic carbocycles. The minimum absolute atomic E-state index is 0.00379. The molecule has 0 unspecified atom stereocenters. The lowest BCUT2D eigenvalue weighted by Crippen LogP contribution is -2.27. The first-order valence-electron chi connectivity index (χ1n) is 5.60. The Labute approximate surface area is 111 Å². The van der Waals surface area contributed by atoms with E-state index in [0.29, 0.717) is 6.54 Å². The highest BCUT2D eigenvalue weighted by atomic mass is 35.5. The van der Waals surface area contributed by atoms with E-state index in [9.17, 15) is 4.79 Å². The summed E-state index contributed by atoms with van der Waals surface area (Å²) in [6, 6.07) is 11.8. The van der Waals surface area contributed by atoms with Crippen molar-refractivity contribution in [1.82, 2.24) is 15.1 Å². The van der Waals surface area contributed by atoms with Gasteiger partial charge in [0, 0.05) is 12.6 Å². The molecule has 0 atom stereocenters. The number of aromatic amines is 1. The molecule has 0 spiro atoms. The number of nitrogens with zero attached hydrogens (tertiary/aromatic N) is 2. The van der Waals surface area contributed by atoms with Crippen molar-refractivity contribution in [2.24, 2.45) is 0 Å². The van der Waals surface area contributed by atoms with E-state index in [2.05, 4.69) is 10.2 Å². The largest absolute Gasteiger partial charge is 0.339 e. The topological polar surface area (TPSA) is 49.0 Å². The summed E-state index contributed by atoms with van der Waals surface area (Å²) >= 11 is 5.50. The summed E-state index contributed by atoms with van der Waals surface area (Å²) in [6.45, 7) is 0.478. The van der Waals surface area contributed by atoms with Crippen LogP contribution in [0.3, 0.4) is 0 Å². The third-order valence-electron chi connectivity index (χ3n) is 2.65. The second kappa shape index (κ2) is 5.69. The zero-order valence-electron chi connectivity index (χ0n) is 10.1. The van der Waals surface area contributed by atoms with Crippen LogP contribution in [0.5, 0.6) is 0 Å². The van der Waals surface area contributed by atoms with Crippen LogP contribution in [0.15, 0.2) is 36.4 Å². The van der Waals surface area contributed by atoms with Gasteiger partial charge in [-0.3, -0.25) is 9.89 Å². The fourth-order valence-electron chi connectivity index (χ4n) is 1.65. The maximum atomic E-state index is 11.4. The van der Waals surface area contributed by atoms with Crippen LogP contribution in [0, 0.1) is 0 Å². The normalized spacial score (nSPS) is 10.3. The molecule has 0 fully saturated rings. The Morgan fingerprint density at radius 1 is 1.39 bits per heavy atom. The van der Waals surface area contributed by atoms with E-state index in [0.717, 1.165) is 17.0 Å². The van der Waals surface area contributed by atoms with Gasteiger partial charge in [-0.1, -0.05) is 30.3 Å². The van der Waals surface area contributed by atoms with Crippen molar-refractivity contribution in [3.8, 4) is 11.3 Å². The Balaban J connectivity index is 2.09. The number of rotatable bonds is 4. The second-order valence-corrected chi connectivity index (χ2v) is 4.30. The van der Waals surface area contributed by atoms with Crippen LogP contribution in [0.25, 0.3) is 11.3 Å². The maximum absolute atomic E-state index is 11.4. The van der Waals surface area contributed by atoms with Crippen molar-refractivity contribution >= 4 is 17.5 Å². The molecule has 5 heteroatoms. The number of carbonyl (C=O) groups excluding carboxylic acids is 1. The van der Waals surface area contributed by atoms with E-state index >= 15 is 0 Å². The number of carbonyl (C=O) groups is 1. The first-order chi connectivity index (χ1) is 8.70. The molecule has 0 radical (unpaired) electrons. The molecule has 2 aromatic rings. The zero-order chi connectivity index (χ0) is 13.0. The van der Waals surface area contributed by atoms with Gasteiger partial charge in [0.1, 0.15) is 5.88 Å². The van der Waals surface area contributed by atoms with E-state index < -0.39 is 0 Å². The van der Waals surface area contributed by atoms with Gasteiger partial charge in [0.05, 0.1) is 17.9 Å². The number of halogens is 1. The second-order valence-electron chi connectivity index (χ2n) is 4.03. The van der Waals surface area contributed by atoms with Crippen LogP contribution in [0.2, 0.25) is 0 Å². The first-order valence-corrected chi connectivity index (χ1v) is 6.14. The number of benzene rings is 1. The van der Waals surface area contributed by atoms with Gasteiger partial charge < -0.3 is 4.90 Å². The molecule has 0 saturated heterocycles. The highest BCUT2D eigenvalue weighted by Gasteiger charge is 2.10. The third kappa shape index (κ3) is 2.90. The fraction of sp³-hybridized carbons (Fsp3) is 0.231. The molecular weight excluding hydrogens is 250 g/mol. The third-order valence-corrected chi connectivity index (χ3v) is 2.88. The van der Waals surface area contributed by atoms with Crippen molar-refractivity contribution in [2.45, 2.75) is 6.54 Å². The van der Waals surface area contributed by atoms with Gasteiger partial charge in [-0.2, -0.15) is 5.10 Å². The molecule has 94 valence electrons. The molecule has 18 heavy (non-hydrogen) atoms. The fourth-order valence-corrected chi connectivity index (χ4v) is 1.85. The molecule has 0 aliphatic carbocycles. The van der Waals surface area contributed by atoms with Crippen molar-refractivity contribution in [3.05, 3.63) is 42.1 Å². The minimum Gasteiger partial charge on any atom is -0.339 e. The van der Waals surface area contributed by atoms with Crippen molar-refractivity contribution in [3.63, 3.8) is 0 Å². The average molecular weight is 264 g/mol. The van der Waals surface area contributed by atoms with Gasteiger partial charge in [0.2, 0.25) is 5.91 Å². The van der Waals surface area contributed by atoms with Crippen LogP contribution in [0.4, 0.5) is 0 Å². The van der Waals surface area contributed by atoms with Gasteiger partial charge in [-0.15, -0.1) is 11.6 Å². The van der Waals surface area contributed by atoms with E-state index in [4.69, 9.17) is 11.6 Å². The minimum atomic E-state index is -0.104. The quantitative estimate of drug-likeness (QED) is 0.861. The molecule has 1 N–H and O–H groups in total. The molecule has 0 aliphatic heterocycles. The first kappa shape index (κ1) is 12.6. The lowest BCUT2D eigenvalue weighted by atomic mass is 10.1. The monoisotopic (exact) mass is 263 g/mol. The van der Waals surface area contributed by atoms with Gasteiger partial charge in [0.25, 0.3) is 0 Å². The van der Waals surface area contributed by atoms with Gasteiger partial charge >= 0.3 is 0 Å². The highest BCUT2D eigenvalue weighted by molar-refractivity contribution is 6.27. The molecule has 1 amide bonds. The number of H-pyrrole nitrogens is 1. The predicted molar refractivity (Wildman–Crippen MR) is 71.2 cm³/mol. The number of nitrogens with one attached hydrogen (secondary N) is 1. The number of amides is 1. The van der Waals surface area contributed by atoms with Crippen LogP contribution in [-0.2, 0) is 11.3 Å². The molecule has 1 aromatic heterocycles. The Morgan fingerprint density at radius 3 is 2.78 bits per heavy atom. The van der Waals surface area contributed by atoms with Crippen LogP contribution in [0.1, 0.15) is 5.69 Å². The Kier molecular flexibility index (Phi) is 3.99. The van der Waals surface area contributed by atoms with Gasteiger partial charge in [-0.25, -0.2) is 0 Å². The molecule has 1 heterocycles. The molecule has 2 rings (SSSR count). The Hall–Kier alpha value is -1.81. The van der Waals surface area contributed by atoms with Gasteiger partial charge in [0.15, 0.2) is 0 Å². The number of aromatic nitrogens is 2.